The van der Waals surface area contributed by atoms with E-state index in [1.54, 1.807) is 30.3 Å². The number of aryl methyl sites for hydroxylation is 2. The molecule has 0 aromatic heterocycles. The summed E-state index contributed by atoms with van der Waals surface area (Å²) < 4.78 is 39.5. The SMILES string of the molecule is COc1cc(/C=N/NC(=O)c2cccc(S(=O)(=O)Nc3ccc(C)cc3C)c2)ccc1OCC(=O)c1ccc(Cl)c(Cl)c1. The predicted molar refractivity (Wildman–Crippen MR) is 168 cm³/mol. The van der Waals surface area contributed by atoms with E-state index in [0.29, 0.717) is 33.3 Å². The number of hydrogen-bond donors (Lipinski definition) is 2. The first-order valence-electron chi connectivity index (χ1n) is 12.8. The number of hydrogen-bond acceptors (Lipinski definition) is 7. The van der Waals surface area contributed by atoms with Crippen molar-refractivity contribution in [2.45, 2.75) is 18.7 Å². The van der Waals surface area contributed by atoms with Crippen molar-refractivity contribution in [3.63, 3.8) is 0 Å². The van der Waals surface area contributed by atoms with Gasteiger partial charge in [-0.05, 0) is 85.6 Å². The largest absolute Gasteiger partial charge is 0.493 e. The number of hydrazone groups is 1. The smallest absolute Gasteiger partial charge is 0.271 e. The van der Waals surface area contributed by atoms with Gasteiger partial charge in [-0.2, -0.15) is 5.10 Å². The molecule has 0 aliphatic carbocycles. The number of ketones is 1. The molecule has 0 aliphatic heterocycles. The highest BCUT2D eigenvalue weighted by molar-refractivity contribution is 7.92. The van der Waals surface area contributed by atoms with E-state index in [1.165, 1.54) is 49.7 Å². The van der Waals surface area contributed by atoms with Crippen LogP contribution in [-0.2, 0) is 10.0 Å². The van der Waals surface area contributed by atoms with Gasteiger partial charge in [0.15, 0.2) is 23.9 Å². The molecular formula is C31H27Cl2N3O6S. The maximum atomic E-state index is 13.0. The van der Waals surface area contributed by atoms with Crippen LogP contribution in [0.5, 0.6) is 11.5 Å². The Labute approximate surface area is 259 Å². The average molecular weight is 641 g/mol. The lowest BCUT2D eigenvalue weighted by molar-refractivity contribution is 0.0918. The van der Waals surface area contributed by atoms with Gasteiger partial charge < -0.3 is 9.47 Å². The van der Waals surface area contributed by atoms with Gasteiger partial charge in [0.2, 0.25) is 0 Å². The third-order valence-corrected chi connectivity index (χ3v) is 8.30. The van der Waals surface area contributed by atoms with Gasteiger partial charge in [0.05, 0.1) is 34.0 Å². The Morgan fingerprint density at radius 1 is 0.884 bits per heavy atom. The number of methoxy groups -OCH3 is 1. The molecule has 12 heteroatoms. The molecule has 0 fully saturated rings. The Morgan fingerprint density at radius 3 is 2.40 bits per heavy atom. The van der Waals surface area contributed by atoms with Crippen LogP contribution < -0.4 is 19.6 Å². The molecule has 1 amide bonds. The average Bonchev–Trinajstić information content (AvgIpc) is 2.99. The van der Waals surface area contributed by atoms with E-state index in [4.69, 9.17) is 32.7 Å². The third-order valence-electron chi connectivity index (χ3n) is 6.20. The van der Waals surface area contributed by atoms with Crippen LogP contribution in [0.3, 0.4) is 0 Å². The number of ether oxygens (including phenoxy) is 2. The lowest BCUT2D eigenvalue weighted by Crippen LogP contribution is -2.19. The van der Waals surface area contributed by atoms with Crippen LogP contribution in [0.2, 0.25) is 10.0 Å². The van der Waals surface area contributed by atoms with Crippen LogP contribution in [0.15, 0.2) is 88.9 Å². The number of carbonyl (C=O) groups is 2. The van der Waals surface area contributed by atoms with E-state index < -0.39 is 15.9 Å². The summed E-state index contributed by atoms with van der Waals surface area (Å²) in [6, 6.07) is 20.4. The number of amides is 1. The molecule has 0 radical (unpaired) electrons. The number of Topliss-reactive ketones (excluding diaryl/α,β-unsaturated/α-hetero) is 1. The minimum atomic E-state index is -3.94. The molecule has 9 nitrogen and oxygen atoms in total. The number of rotatable bonds is 11. The molecule has 0 saturated carbocycles. The summed E-state index contributed by atoms with van der Waals surface area (Å²) in [5, 5.41) is 4.58. The molecule has 0 aliphatic rings. The Kier molecular flexibility index (Phi) is 10.1. The fourth-order valence-corrected chi connectivity index (χ4v) is 5.42. The van der Waals surface area contributed by atoms with Crippen molar-refractivity contribution >= 4 is 56.8 Å². The lowest BCUT2D eigenvalue weighted by atomic mass is 10.1. The van der Waals surface area contributed by atoms with Crippen molar-refractivity contribution in [2.24, 2.45) is 5.10 Å². The van der Waals surface area contributed by atoms with Crippen molar-refractivity contribution in [1.82, 2.24) is 5.43 Å². The van der Waals surface area contributed by atoms with E-state index in [0.717, 1.165) is 11.1 Å². The second kappa shape index (κ2) is 13.7. The quantitative estimate of drug-likeness (QED) is 0.110. The van der Waals surface area contributed by atoms with Crippen LogP contribution in [0.1, 0.15) is 37.4 Å². The van der Waals surface area contributed by atoms with Crippen LogP contribution in [0, 0.1) is 13.8 Å². The Balaban J connectivity index is 1.39. The number of sulfonamides is 1. The zero-order valence-electron chi connectivity index (χ0n) is 23.4. The standard InChI is InChI=1S/C31H27Cl2N3O6S/c1-19-7-11-27(20(2)13-19)36-43(39,40)24-6-4-5-23(15-24)31(38)35-34-17-21-8-12-29(30(14-21)41-3)42-18-28(37)22-9-10-25(32)26(33)16-22/h4-17,36H,18H2,1-3H3,(H,35,38)/b34-17+. The van der Waals surface area contributed by atoms with Gasteiger partial charge in [-0.25, -0.2) is 13.8 Å². The molecule has 0 spiro atoms. The summed E-state index contributed by atoms with van der Waals surface area (Å²) in [5.74, 6) is -0.240. The van der Waals surface area contributed by atoms with E-state index in [-0.39, 0.29) is 27.9 Å². The van der Waals surface area contributed by atoms with Crippen molar-refractivity contribution in [3.05, 3.63) is 117 Å². The maximum absolute atomic E-state index is 13.0. The van der Waals surface area contributed by atoms with Crippen LogP contribution >= 0.6 is 23.2 Å². The highest BCUT2D eigenvalue weighted by Crippen LogP contribution is 2.28. The zero-order valence-corrected chi connectivity index (χ0v) is 25.7. The van der Waals surface area contributed by atoms with Gasteiger partial charge in [-0.1, -0.05) is 47.0 Å². The first-order valence-corrected chi connectivity index (χ1v) is 15.0. The van der Waals surface area contributed by atoms with Crippen LogP contribution in [0.4, 0.5) is 5.69 Å². The molecule has 4 rings (SSSR count). The lowest BCUT2D eigenvalue weighted by Gasteiger charge is -2.12. The highest BCUT2D eigenvalue weighted by Gasteiger charge is 2.18. The Bertz CT molecular complexity index is 1830. The van der Waals surface area contributed by atoms with Crippen LogP contribution in [0.25, 0.3) is 0 Å². The molecule has 2 N–H and O–H groups in total. The Hall–Kier alpha value is -4.38. The number of anilines is 1. The summed E-state index contributed by atoms with van der Waals surface area (Å²) >= 11 is 11.9. The number of halogens is 2. The molecule has 0 heterocycles. The number of nitrogens with zero attached hydrogens (tertiary/aromatic N) is 1. The molecule has 0 saturated heterocycles. The van der Waals surface area contributed by atoms with Crippen molar-refractivity contribution in [2.75, 3.05) is 18.4 Å². The van der Waals surface area contributed by atoms with E-state index in [9.17, 15) is 18.0 Å². The molecule has 4 aromatic carbocycles. The molecule has 0 unspecified atom stereocenters. The Morgan fingerprint density at radius 2 is 1.67 bits per heavy atom. The van der Waals surface area contributed by atoms with Crippen LogP contribution in [-0.4, -0.2) is 40.0 Å². The minimum Gasteiger partial charge on any atom is -0.493 e. The predicted octanol–water partition coefficient (Wildman–Crippen LogP) is 6.45. The summed E-state index contributed by atoms with van der Waals surface area (Å²) in [6.07, 6.45) is 1.38. The maximum Gasteiger partial charge on any atom is 0.271 e. The van der Waals surface area contributed by atoms with Gasteiger partial charge in [0.25, 0.3) is 15.9 Å². The fourth-order valence-electron chi connectivity index (χ4n) is 3.95. The number of nitrogens with one attached hydrogen (secondary N) is 2. The van der Waals surface area contributed by atoms with E-state index in [1.807, 2.05) is 26.0 Å². The van der Waals surface area contributed by atoms with E-state index >= 15 is 0 Å². The topological polar surface area (TPSA) is 123 Å². The first-order chi connectivity index (χ1) is 20.5. The normalized spacial score (nSPS) is 11.3. The fraction of sp³-hybridized carbons (Fsp3) is 0.129. The van der Waals surface area contributed by atoms with E-state index in [2.05, 4.69) is 15.2 Å². The van der Waals surface area contributed by atoms with Gasteiger partial charge in [-0.15, -0.1) is 0 Å². The molecule has 0 bridgehead atoms. The molecule has 0 atom stereocenters. The third kappa shape index (κ3) is 8.13. The van der Waals surface area contributed by atoms with Crippen molar-refractivity contribution in [1.29, 1.82) is 0 Å². The number of benzene rings is 4. The van der Waals surface area contributed by atoms with Gasteiger partial charge >= 0.3 is 0 Å². The minimum absolute atomic E-state index is 0.0675. The highest BCUT2D eigenvalue weighted by atomic mass is 35.5. The van der Waals surface area contributed by atoms with Crippen molar-refractivity contribution < 1.29 is 27.5 Å². The second-order valence-electron chi connectivity index (χ2n) is 9.40. The first kappa shape index (κ1) is 31.6. The second-order valence-corrected chi connectivity index (χ2v) is 11.9. The number of carbonyl (C=O) groups excluding carboxylic acids is 2. The molecular weight excluding hydrogens is 613 g/mol. The molecule has 222 valence electrons. The summed E-state index contributed by atoms with van der Waals surface area (Å²) in [4.78, 5) is 25.1. The summed E-state index contributed by atoms with van der Waals surface area (Å²) in [5.41, 5.74) is 5.65. The molecule has 4 aromatic rings. The summed E-state index contributed by atoms with van der Waals surface area (Å²) in [6.45, 7) is 3.47. The van der Waals surface area contributed by atoms with Crippen molar-refractivity contribution in [3.8, 4) is 11.5 Å². The summed E-state index contributed by atoms with van der Waals surface area (Å²) in [7, 11) is -2.49. The monoisotopic (exact) mass is 639 g/mol. The molecule has 43 heavy (non-hydrogen) atoms. The van der Waals surface area contributed by atoms with Gasteiger partial charge in [0, 0.05) is 11.1 Å². The van der Waals surface area contributed by atoms with Gasteiger partial charge in [-0.3, -0.25) is 14.3 Å². The van der Waals surface area contributed by atoms with Gasteiger partial charge in [0.1, 0.15) is 0 Å². The zero-order chi connectivity index (χ0) is 31.1.